The van der Waals surface area contributed by atoms with Crippen molar-refractivity contribution in [3.8, 4) is 11.5 Å². The molecule has 0 saturated heterocycles. The number of carbonyl (C=O) groups excluding carboxylic acids is 1. The van der Waals surface area contributed by atoms with Gasteiger partial charge in [0.05, 0.1) is 30.0 Å². The molecule has 0 saturated carbocycles. The van der Waals surface area contributed by atoms with Crippen molar-refractivity contribution in [3.05, 3.63) is 47.5 Å². The van der Waals surface area contributed by atoms with Crippen LogP contribution in [0.5, 0.6) is 11.5 Å². The van der Waals surface area contributed by atoms with Gasteiger partial charge in [0.15, 0.2) is 16.6 Å². The smallest absolute Gasteiger partial charge is 0.416 e. The Labute approximate surface area is 206 Å². The summed E-state index contributed by atoms with van der Waals surface area (Å²) in [4.78, 5) is 21.6. The van der Waals surface area contributed by atoms with Gasteiger partial charge in [-0.15, -0.1) is 12.4 Å². The number of likely N-dealkylation sites (N-methyl/N-ethyl adjacent to an activating group) is 1. The van der Waals surface area contributed by atoms with Gasteiger partial charge in [0, 0.05) is 30.8 Å². The Morgan fingerprint density at radius 2 is 1.68 bits per heavy atom. The number of methoxy groups -OCH3 is 2. The predicted molar refractivity (Wildman–Crippen MR) is 131 cm³/mol. The molecule has 0 bridgehead atoms. The molecule has 0 atom stereocenters. The average molecular weight is 518 g/mol. The summed E-state index contributed by atoms with van der Waals surface area (Å²) < 4.78 is 51.1. The zero-order valence-electron chi connectivity index (χ0n) is 19.3. The van der Waals surface area contributed by atoms with E-state index >= 15 is 0 Å². The highest BCUT2D eigenvalue weighted by molar-refractivity contribution is 7.22. The van der Waals surface area contributed by atoms with Crippen molar-refractivity contribution in [2.75, 3.05) is 45.3 Å². The van der Waals surface area contributed by atoms with Crippen LogP contribution in [-0.2, 0) is 6.18 Å². The molecule has 0 fully saturated rings. The highest BCUT2D eigenvalue weighted by Gasteiger charge is 2.32. The first-order chi connectivity index (χ1) is 15.7. The zero-order valence-corrected chi connectivity index (χ0v) is 20.9. The Morgan fingerprint density at radius 1 is 1.03 bits per heavy atom. The van der Waals surface area contributed by atoms with Crippen LogP contribution in [0.4, 0.5) is 18.3 Å². The van der Waals surface area contributed by atoms with Crippen molar-refractivity contribution < 1.29 is 27.4 Å². The Kier molecular flexibility index (Phi) is 9.54. The zero-order chi connectivity index (χ0) is 24.2. The van der Waals surface area contributed by atoms with E-state index in [-0.39, 0.29) is 24.5 Å². The molecule has 0 aliphatic rings. The fraction of sp³-hybridized carbons (Fsp3) is 0.391. The Bertz CT molecular complexity index is 1080. The molecule has 1 heterocycles. The summed E-state index contributed by atoms with van der Waals surface area (Å²) in [5.74, 6) is 0.492. The Balaban J connectivity index is 0.00000408. The number of anilines is 1. The monoisotopic (exact) mass is 517 g/mol. The molecule has 0 aliphatic heterocycles. The number of alkyl halides is 3. The molecule has 186 valence electrons. The Hall–Kier alpha value is -2.56. The van der Waals surface area contributed by atoms with Crippen LogP contribution in [0.2, 0.25) is 0 Å². The Morgan fingerprint density at radius 3 is 2.26 bits per heavy atom. The molecule has 0 N–H and O–H groups in total. The van der Waals surface area contributed by atoms with E-state index in [4.69, 9.17) is 9.47 Å². The molecule has 34 heavy (non-hydrogen) atoms. The third kappa shape index (κ3) is 6.11. The van der Waals surface area contributed by atoms with Crippen LogP contribution >= 0.6 is 23.7 Å². The van der Waals surface area contributed by atoms with E-state index in [1.807, 2.05) is 13.8 Å². The lowest BCUT2D eigenvalue weighted by molar-refractivity contribution is -0.137. The fourth-order valence-corrected chi connectivity index (χ4v) is 4.41. The molecule has 0 radical (unpaired) electrons. The summed E-state index contributed by atoms with van der Waals surface area (Å²) in [6.07, 6.45) is -4.54. The lowest BCUT2D eigenvalue weighted by Gasteiger charge is -2.25. The van der Waals surface area contributed by atoms with Crippen LogP contribution in [0, 0.1) is 0 Å². The number of fused-ring (bicyclic) bond motifs is 1. The maximum Gasteiger partial charge on any atom is 0.416 e. The van der Waals surface area contributed by atoms with E-state index in [1.54, 1.807) is 12.1 Å². The molecule has 11 heteroatoms. The summed E-state index contributed by atoms with van der Waals surface area (Å²) >= 11 is 1.27. The second-order valence-corrected chi connectivity index (χ2v) is 8.24. The number of hydrogen-bond donors (Lipinski definition) is 0. The third-order valence-electron chi connectivity index (χ3n) is 5.33. The van der Waals surface area contributed by atoms with Gasteiger partial charge in [0.25, 0.3) is 5.91 Å². The second-order valence-electron chi connectivity index (χ2n) is 7.23. The summed E-state index contributed by atoms with van der Waals surface area (Å²) in [5.41, 5.74) is -0.299. The number of hydrogen-bond acceptors (Lipinski definition) is 6. The van der Waals surface area contributed by atoms with Gasteiger partial charge in [-0.25, -0.2) is 4.98 Å². The number of thiazole rings is 1. The largest absolute Gasteiger partial charge is 0.493 e. The van der Waals surface area contributed by atoms with Crippen molar-refractivity contribution in [1.82, 2.24) is 9.88 Å². The van der Waals surface area contributed by atoms with Crippen molar-refractivity contribution in [3.63, 3.8) is 0 Å². The minimum Gasteiger partial charge on any atom is -0.493 e. The first-order valence-electron chi connectivity index (χ1n) is 10.5. The van der Waals surface area contributed by atoms with Crippen molar-refractivity contribution in [2.24, 2.45) is 0 Å². The van der Waals surface area contributed by atoms with Crippen molar-refractivity contribution >= 4 is 45.0 Å². The summed E-state index contributed by atoms with van der Waals surface area (Å²) in [6, 6.07) is 7.95. The van der Waals surface area contributed by atoms with E-state index in [0.717, 1.165) is 29.9 Å². The number of halogens is 4. The standard InChI is InChI=1S/C23H26F3N3O3S.ClH/c1-5-28(6-2)10-11-29(21(30)15-8-7-9-16(12-15)23(24,25)26)22-27-17-13-18(31-3)19(32-4)14-20(17)33-22;/h7-9,12-14H,5-6,10-11H2,1-4H3;1H. The average Bonchev–Trinajstić information content (AvgIpc) is 3.22. The van der Waals surface area contributed by atoms with E-state index in [0.29, 0.717) is 28.7 Å². The number of nitrogens with zero attached hydrogens (tertiary/aromatic N) is 3. The second kappa shape index (κ2) is 11.7. The van der Waals surface area contributed by atoms with Crippen molar-refractivity contribution in [2.45, 2.75) is 20.0 Å². The van der Waals surface area contributed by atoms with Gasteiger partial charge in [0.2, 0.25) is 0 Å². The van der Waals surface area contributed by atoms with Gasteiger partial charge in [-0.05, 0) is 31.3 Å². The van der Waals surface area contributed by atoms with Gasteiger partial charge >= 0.3 is 6.18 Å². The molecule has 0 unspecified atom stereocenters. The molecular formula is C23H27ClF3N3O3S. The van der Waals surface area contributed by atoms with E-state index in [2.05, 4.69) is 9.88 Å². The fourth-order valence-electron chi connectivity index (χ4n) is 3.41. The van der Waals surface area contributed by atoms with Crippen molar-refractivity contribution in [1.29, 1.82) is 0 Å². The van der Waals surface area contributed by atoms with Gasteiger partial charge in [0.1, 0.15) is 0 Å². The molecule has 6 nitrogen and oxygen atoms in total. The van der Waals surface area contributed by atoms with E-state index in [9.17, 15) is 18.0 Å². The number of ether oxygens (including phenoxy) is 2. The van der Waals surface area contributed by atoms with Crippen LogP contribution < -0.4 is 14.4 Å². The van der Waals surface area contributed by atoms with Crippen LogP contribution in [0.25, 0.3) is 10.2 Å². The van der Waals surface area contributed by atoms with Crippen LogP contribution in [0.1, 0.15) is 29.8 Å². The number of amides is 1. The van der Waals surface area contributed by atoms with Crippen LogP contribution in [0.15, 0.2) is 36.4 Å². The first-order valence-corrected chi connectivity index (χ1v) is 11.3. The topological polar surface area (TPSA) is 54.9 Å². The van der Waals surface area contributed by atoms with Gasteiger partial charge in [-0.2, -0.15) is 13.2 Å². The summed E-state index contributed by atoms with van der Waals surface area (Å²) in [5, 5.41) is 0.398. The summed E-state index contributed by atoms with van der Waals surface area (Å²) in [6.45, 7) is 6.44. The molecule has 1 aromatic heterocycles. The lowest BCUT2D eigenvalue weighted by atomic mass is 10.1. The predicted octanol–water partition coefficient (Wildman–Crippen LogP) is 5.74. The number of benzene rings is 2. The molecule has 0 spiro atoms. The molecular weight excluding hydrogens is 491 g/mol. The SMILES string of the molecule is CCN(CC)CCN(C(=O)c1cccc(C(F)(F)F)c1)c1nc2cc(OC)c(OC)cc2s1.Cl. The van der Waals surface area contributed by atoms with E-state index < -0.39 is 17.6 Å². The minimum atomic E-state index is -4.54. The molecule has 3 rings (SSSR count). The molecule has 3 aromatic rings. The number of rotatable bonds is 9. The quantitative estimate of drug-likeness (QED) is 0.362. The molecule has 1 amide bonds. The lowest BCUT2D eigenvalue weighted by Crippen LogP contribution is -2.39. The number of carbonyl (C=O) groups is 1. The van der Waals surface area contributed by atoms with Crippen LogP contribution in [0.3, 0.4) is 0 Å². The maximum absolute atomic E-state index is 13.4. The minimum absolute atomic E-state index is 0. The van der Waals surface area contributed by atoms with E-state index in [1.165, 1.54) is 42.6 Å². The first kappa shape index (κ1) is 27.7. The van der Waals surface area contributed by atoms with Gasteiger partial charge < -0.3 is 14.4 Å². The highest BCUT2D eigenvalue weighted by Crippen LogP contribution is 2.38. The summed E-state index contributed by atoms with van der Waals surface area (Å²) in [7, 11) is 3.05. The molecule has 2 aromatic carbocycles. The number of aromatic nitrogens is 1. The van der Waals surface area contributed by atoms with Crippen LogP contribution in [-0.4, -0.2) is 56.2 Å². The van der Waals surface area contributed by atoms with Gasteiger partial charge in [-0.1, -0.05) is 31.3 Å². The third-order valence-corrected chi connectivity index (χ3v) is 6.37. The van der Waals surface area contributed by atoms with Gasteiger partial charge in [-0.3, -0.25) is 9.69 Å². The highest BCUT2D eigenvalue weighted by atomic mass is 35.5. The maximum atomic E-state index is 13.4. The molecule has 0 aliphatic carbocycles. The normalized spacial score (nSPS) is 11.4.